The number of benzene rings is 1. The van der Waals surface area contributed by atoms with E-state index in [1.807, 2.05) is 19.1 Å². The molecule has 0 spiro atoms. The summed E-state index contributed by atoms with van der Waals surface area (Å²) in [5.41, 5.74) is 3.77. The van der Waals surface area contributed by atoms with E-state index in [-0.39, 0.29) is 18.3 Å². The maximum Gasteiger partial charge on any atom is 0.265 e. The van der Waals surface area contributed by atoms with Gasteiger partial charge in [0.15, 0.2) is 0 Å². The lowest BCUT2D eigenvalue weighted by Gasteiger charge is -1.98. The molecule has 0 unspecified atom stereocenters. The van der Waals surface area contributed by atoms with Gasteiger partial charge in [-0.3, -0.25) is 10.2 Å². The summed E-state index contributed by atoms with van der Waals surface area (Å²) in [6.07, 6.45) is 0. The molecule has 1 amide bonds. The number of hydrogen-bond donors (Lipinski definition) is 2. The third-order valence-electron chi connectivity index (χ3n) is 1.44. The fourth-order valence-electron chi connectivity index (χ4n) is 0.788. The number of rotatable bonds is 1. The Bertz CT molecular complexity index is 258. The van der Waals surface area contributed by atoms with Crippen LogP contribution in [0.3, 0.4) is 0 Å². The van der Waals surface area contributed by atoms with Gasteiger partial charge in [0.05, 0.1) is 0 Å². The summed E-state index contributed by atoms with van der Waals surface area (Å²) in [5, 5.41) is 0. The number of hydrogen-bond acceptors (Lipinski definition) is 2. The zero-order valence-corrected chi connectivity index (χ0v) is 7.52. The highest BCUT2D eigenvalue weighted by Crippen LogP contribution is 2.01. The van der Waals surface area contributed by atoms with Crippen LogP contribution >= 0.6 is 12.4 Å². The van der Waals surface area contributed by atoms with Crippen molar-refractivity contribution in [2.45, 2.75) is 6.92 Å². The van der Waals surface area contributed by atoms with Crippen molar-refractivity contribution in [3.63, 3.8) is 0 Å². The molecule has 3 nitrogen and oxygen atoms in total. The van der Waals surface area contributed by atoms with Gasteiger partial charge >= 0.3 is 0 Å². The van der Waals surface area contributed by atoms with Crippen molar-refractivity contribution in [2.75, 3.05) is 0 Å². The number of hydrazine groups is 1. The summed E-state index contributed by atoms with van der Waals surface area (Å²) in [4.78, 5) is 10.9. The molecule has 4 heteroatoms. The molecule has 0 saturated heterocycles. The lowest BCUT2D eigenvalue weighted by atomic mass is 10.1. The second-order valence-corrected chi connectivity index (χ2v) is 2.34. The quantitative estimate of drug-likeness (QED) is 0.391. The van der Waals surface area contributed by atoms with Crippen LogP contribution < -0.4 is 11.3 Å². The zero-order chi connectivity index (χ0) is 8.27. The van der Waals surface area contributed by atoms with Crippen molar-refractivity contribution in [2.24, 2.45) is 5.84 Å². The van der Waals surface area contributed by atoms with E-state index in [2.05, 4.69) is 5.43 Å². The molecular weight excluding hydrogens is 176 g/mol. The Kier molecular flexibility index (Phi) is 4.33. The molecule has 0 aromatic heterocycles. The van der Waals surface area contributed by atoms with Gasteiger partial charge in [0, 0.05) is 5.56 Å². The summed E-state index contributed by atoms with van der Waals surface area (Å²) in [6, 6.07) is 7.20. The second-order valence-electron chi connectivity index (χ2n) is 2.34. The van der Waals surface area contributed by atoms with E-state index in [0.29, 0.717) is 5.56 Å². The minimum absolute atomic E-state index is 0. The highest BCUT2D eigenvalue weighted by Gasteiger charge is 1.99. The van der Waals surface area contributed by atoms with E-state index in [0.717, 1.165) is 5.56 Å². The SMILES string of the molecule is Cc1ccc(C(=O)NN)cc1.Cl. The Hall–Kier alpha value is -1.06. The molecule has 1 aromatic rings. The number of aryl methyl sites for hydroxylation is 1. The molecule has 0 aliphatic heterocycles. The molecule has 0 heterocycles. The van der Waals surface area contributed by atoms with Crippen LogP contribution in [0, 0.1) is 6.92 Å². The average molecular weight is 187 g/mol. The average Bonchev–Trinajstić information content (AvgIpc) is 2.05. The van der Waals surface area contributed by atoms with Crippen LogP contribution in [-0.2, 0) is 0 Å². The molecular formula is C8H11ClN2O. The van der Waals surface area contributed by atoms with E-state index in [1.54, 1.807) is 12.1 Å². The molecule has 12 heavy (non-hydrogen) atoms. The number of amides is 1. The molecule has 1 aromatic carbocycles. The predicted molar refractivity (Wildman–Crippen MR) is 50.1 cm³/mol. The van der Waals surface area contributed by atoms with Gasteiger partial charge in [0.1, 0.15) is 0 Å². The zero-order valence-electron chi connectivity index (χ0n) is 6.70. The number of halogens is 1. The Morgan fingerprint density at radius 1 is 1.33 bits per heavy atom. The predicted octanol–water partition coefficient (Wildman–Crippen LogP) is 1.02. The van der Waals surface area contributed by atoms with Crippen molar-refractivity contribution >= 4 is 18.3 Å². The first-order valence-electron chi connectivity index (χ1n) is 3.31. The van der Waals surface area contributed by atoms with Gasteiger partial charge < -0.3 is 0 Å². The number of nitrogens with one attached hydrogen (secondary N) is 1. The second kappa shape index (κ2) is 4.74. The van der Waals surface area contributed by atoms with Gasteiger partial charge in [-0.25, -0.2) is 5.84 Å². The van der Waals surface area contributed by atoms with Crippen molar-refractivity contribution in [1.29, 1.82) is 0 Å². The molecule has 0 atom stereocenters. The first kappa shape index (κ1) is 10.9. The van der Waals surface area contributed by atoms with Gasteiger partial charge in [-0.1, -0.05) is 17.7 Å². The van der Waals surface area contributed by atoms with Gasteiger partial charge in [-0.15, -0.1) is 12.4 Å². The van der Waals surface area contributed by atoms with Crippen LogP contribution in [0.25, 0.3) is 0 Å². The van der Waals surface area contributed by atoms with E-state index in [1.165, 1.54) is 0 Å². The maximum absolute atomic E-state index is 10.9. The summed E-state index contributed by atoms with van der Waals surface area (Å²) in [7, 11) is 0. The molecule has 0 saturated carbocycles. The summed E-state index contributed by atoms with van der Waals surface area (Å²) in [6.45, 7) is 1.96. The first-order valence-corrected chi connectivity index (χ1v) is 3.31. The molecule has 66 valence electrons. The molecule has 0 fully saturated rings. The maximum atomic E-state index is 10.9. The standard InChI is InChI=1S/C8H10N2O.ClH/c1-6-2-4-7(5-3-6)8(11)10-9;/h2-5H,9H2,1H3,(H,10,11);1H. The van der Waals surface area contributed by atoms with E-state index < -0.39 is 0 Å². The van der Waals surface area contributed by atoms with Crippen molar-refractivity contribution in [3.8, 4) is 0 Å². The van der Waals surface area contributed by atoms with E-state index in [9.17, 15) is 4.79 Å². The van der Waals surface area contributed by atoms with Crippen molar-refractivity contribution in [1.82, 2.24) is 5.43 Å². The van der Waals surface area contributed by atoms with Crippen molar-refractivity contribution in [3.05, 3.63) is 35.4 Å². The smallest absolute Gasteiger partial charge is 0.265 e. The van der Waals surface area contributed by atoms with Crippen molar-refractivity contribution < 1.29 is 4.79 Å². The summed E-state index contributed by atoms with van der Waals surface area (Å²) < 4.78 is 0. The lowest BCUT2D eigenvalue weighted by Crippen LogP contribution is -2.29. The first-order chi connectivity index (χ1) is 5.24. The van der Waals surface area contributed by atoms with Crippen LogP contribution in [-0.4, -0.2) is 5.91 Å². The summed E-state index contributed by atoms with van der Waals surface area (Å²) in [5.74, 6) is 4.68. The molecule has 0 aliphatic rings. The fraction of sp³-hybridized carbons (Fsp3) is 0.125. The van der Waals surface area contributed by atoms with Gasteiger partial charge in [-0.05, 0) is 19.1 Å². The molecule has 3 N–H and O–H groups in total. The van der Waals surface area contributed by atoms with Crippen LogP contribution in [0.5, 0.6) is 0 Å². The number of nitrogens with two attached hydrogens (primary N) is 1. The topological polar surface area (TPSA) is 55.1 Å². The highest BCUT2D eigenvalue weighted by atomic mass is 35.5. The highest BCUT2D eigenvalue weighted by molar-refractivity contribution is 5.93. The Morgan fingerprint density at radius 3 is 2.25 bits per heavy atom. The Morgan fingerprint density at radius 2 is 1.83 bits per heavy atom. The van der Waals surface area contributed by atoms with E-state index in [4.69, 9.17) is 5.84 Å². The molecule has 0 aliphatic carbocycles. The van der Waals surface area contributed by atoms with Crippen LogP contribution in [0.15, 0.2) is 24.3 Å². The minimum Gasteiger partial charge on any atom is -0.290 e. The number of nitrogen functional groups attached to an aromatic ring is 1. The summed E-state index contributed by atoms with van der Waals surface area (Å²) >= 11 is 0. The van der Waals surface area contributed by atoms with Crippen LogP contribution in [0.2, 0.25) is 0 Å². The van der Waals surface area contributed by atoms with Crippen LogP contribution in [0.1, 0.15) is 15.9 Å². The fourth-order valence-corrected chi connectivity index (χ4v) is 0.788. The number of carbonyl (C=O) groups excluding carboxylic acids is 1. The minimum atomic E-state index is -0.259. The monoisotopic (exact) mass is 186 g/mol. The lowest BCUT2D eigenvalue weighted by molar-refractivity contribution is 0.0953. The molecule has 0 radical (unpaired) electrons. The van der Waals surface area contributed by atoms with Crippen LogP contribution in [0.4, 0.5) is 0 Å². The Balaban J connectivity index is 0.00000121. The normalized spacial score (nSPS) is 8.50. The van der Waals surface area contributed by atoms with Gasteiger partial charge in [-0.2, -0.15) is 0 Å². The largest absolute Gasteiger partial charge is 0.290 e. The third-order valence-corrected chi connectivity index (χ3v) is 1.44. The molecule has 1 rings (SSSR count). The van der Waals surface area contributed by atoms with Gasteiger partial charge in [0.25, 0.3) is 5.91 Å². The molecule has 0 bridgehead atoms. The van der Waals surface area contributed by atoms with E-state index >= 15 is 0 Å². The third kappa shape index (κ3) is 2.53. The Labute approximate surface area is 77.3 Å². The van der Waals surface area contributed by atoms with Gasteiger partial charge in [0.2, 0.25) is 0 Å². The number of carbonyl (C=O) groups is 1.